The molecular formula is C24H34IN5O. The molecule has 1 saturated heterocycles. The molecular weight excluding hydrogens is 501 g/mol. The first-order chi connectivity index (χ1) is 14.7. The predicted octanol–water partition coefficient (Wildman–Crippen LogP) is 3.49. The van der Waals surface area contributed by atoms with Gasteiger partial charge in [-0.3, -0.25) is 9.79 Å². The van der Waals surface area contributed by atoms with Crippen molar-refractivity contribution in [2.75, 3.05) is 38.1 Å². The highest BCUT2D eigenvalue weighted by molar-refractivity contribution is 14.0. The van der Waals surface area contributed by atoms with Crippen molar-refractivity contribution in [3.05, 3.63) is 66.2 Å². The fraction of sp³-hybridized carbons (Fsp3) is 0.417. The number of carbonyl (C=O) groups excluding carboxylic acids is 1. The highest BCUT2D eigenvalue weighted by atomic mass is 127. The van der Waals surface area contributed by atoms with E-state index in [1.54, 1.807) is 4.90 Å². The number of hydrogen-bond donors (Lipinski definition) is 2. The van der Waals surface area contributed by atoms with Crippen molar-refractivity contribution >= 4 is 41.5 Å². The molecule has 0 aromatic heterocycles. The lowest BCUT2D eigenvalue weighted by atomic mass is 10.2. The van der Waals surface area contributed by atoms with Gasteiger partial charge in [-0.2, -0.15) is 0 Å². The number of halogens is 1. The van der Waals surface area contributed by atoms with Crippen LogP contribution in [0, 0.1) is 0 Å². The average Bonchev–Trinajstić information content (AvgIpc) is 3.23. The summed E-state index contributed by atoms with van der Waals surface area (Å²) in [6, 6.07) is 20.9. The molecule has 1 heterocycles. The van der Waals surface area contributed by atoms with Crippen molar-refractivity contribution in [2.45, 2.75) is 32.4 Å². The minimum absolute atomic E-state index is 0. The minimum atomic E-state index is 0. The predicted molar refractivity (Wildman–Crippen MR) is 139 cm³/mol. The zero-order chi connectivity index (χ0) is 21.2. The lowest BCUT2D eigenvalue weighted by Crippen LogP contribution is -2.44. The van der Waals surface area contributed by atoms with Crippen LogP contribution in [0.15, 0.2) is 65.7 Å². The Hall–Kier alpha value is -2.29. The summed E-state index contributed by atoms with van der Waals surface area (Å²) in [5.74, 6) is 0.894. The van der Waals surface area contributed by atoms with Gasteiger partial charge in [0.25, 0.3) is 0 Å². The van der Waals surface area contributed by atoms with Gasteiger partial charge in [0, 0.05) is 51.4 Å². The standard InChI is InChI=1S/C24H33N5O.HI/c1-3-25-24(27-21-15-17-29(19-21)22-12-8-5-9-13-22)26-16-14-23(30)28(2)18-20-10-6-4-7-11-20;/h4-13,21H,3,14-19H2,1-2H3,(H2,25,26,27);1H. The summed E-state index contributed by atoms with van der Waals surface area (Å²) >= 11 is 0. The lowest BCUT2D eigenvalue weighted by Gasteiger charge is -2.20. The number of guanidine groups is 1. The van der Waals surface area contributed by atoms with Gasteiger partial charge in [0.15, 0.2) is 5.96 Å². The van der Waals surface area contributed by atoms with Gasteiger partial charge in [-0.05, 0) is 31.0 Å². The molecule has 2 aromatic carbocycles. The van der Waals surface area contributed by atoms with Crippen molar-refractivity contribution in [3.63, 3.8) is 0 Å². The molecule has 2 aromatic rings. The number of amides is 1. The van der Waals surface area contributed by atoms with Crippen LogP contribution in [0.5, 0.6) is 0 Å². The Morgan fingerprint density at radius 1 is 1.13 bits per heavy atom. The van der Waals surface area contributed by atoms with Crippen molar-refractivity contribution in [1.82, 2.24) is 15.5 Å². The fourth-order valence-corrected chi connectivity index (χ4v) is 3.66. The largest absolute Gasteiger partial charge is 0.369 e. The highest BCUT2D eigenvalue weighted by Gasteiger charge is 2.23. The van der Waals surface area contributed by atoms with Gasteiger partial charge in [0.1, 0.15) is 0 Å². The maximum absolute atomic E-state index is 12.4. The molecule has 6 nitrogen and oxygen atoms in total. The Kier molecular flexibility index (Phi) is 10.6. The third-order valence-corrected chi connectivity index (χ3v) is 5.28. The number of anilines is 1. The summed E-state index contributed by atoms with van der Waals surface area (Å²) in [7, 11) is 1.85. The molecule has 1 aliphatic heterocycles. The van der Waals surface area contributed by atoms with Crippen LogP contribution in [0.3, 0.4) is 0 Å². The van der Waals surface area contributed by atoms with E-state index in [1.807, 2.05) is 43.4 Å². The van der Waals surface area contributed by atoms with E-state index in [9.17, 15) is 4.79 Å². The SMILES string of the molecule is CCNC(=NCCC(=O)N(C)Cc1ccccc1)NC1CCN(c2ccccc2)C1.I. The van der Waals surface area contributed by atoms with E-state index in [1.165, 1.54) is 5.69 Å². The Bertz CT molecular complexity index is 815. The van der Waals surface area contributed by atoms with Gasteiger partial charge in [0.05, 0.1) is 6.54 Å². The molecule has 1 unspecified atom stereocenters. The van der Waals surface area contributed by atoms with Gasteiger partial charge in [-0.1, -0.05) is 48.5 Å². The number of nitrogens with zero attached hydrogens (tertiary/aromatic N) is 3. The monoisotopic (exact) mass is 535 g/mol. The van der Waals surface area contributed by atoms with Crippen molar-refractivity contribution in [2.24, 2.45) is 4.99 Å². The normalized spacial score (nSPS) is 15.9. The van der Waals surface area contributed by atoms with Crippen molar-refractivity contribution in [3.8, 4) is 0 Å². The second-order valence-electron chi connectivity index (χ2n) is 7.66. The van der Waals surface area contributed by atoms with Crippen LogP contribution in [-0.2, 0) is 11.3 Å². The van der Waals surface area contributed by atoms with Gasteiger partial charge < -0.3 is 20.4 Å². The number of hydrogen-bond acceptors (Lipinski definition) is 3. The summed E-state index contributed by atoms with van der Waals surface area (Å²) in [4.78, 5) is 21.2. The lowest BCUT2D eigenvalue weighted by molar-refractivity contribution is -0.130. The van der Waals surface area contributed by atoms with Gasteiger partial charge in [0.2, 0.25) is 5.91 Å². The number of carbonyl (C=O) groups is 1. The van der Waals surface area contributed by atoms with Gasteiger partial charge >= 0.3 is 0 Å². The van der Waals surface area contributed by atoms with Crippen LogP contribution in [0.25, 0.3) is 0 Å². The van der Waals surface area contributed by atoms with Crippen LogP contribution in [0.1, 0.15) is 25.3 Å². The molecule has 31 heavy (non-hydrogen) atoms. The third-order valence-electron chi connectivity index (χ3n) is 5.28. The van der Waals surface area contributed by atoms with Crippen LogP contribution in [0.2, 0.25) is 0 Å². The summed E-state index contributed by atoms with van der Waals surface area (Å²) in [6.07, 6.45) is 1.47. The summed E-state index contributed by atoms with van der Waals surface area (Å²) in [5, 5.41) is 6.83. The molecule has 1 aliphatic rings. The van der Waals surface area contributed by atoms with E-state index in [2.05, 4.69) is 51.7 Å². The summed E-state index contributed by atoms with van der Waals surface area (Å²) < 4.78 is 0. The van der Waals surface area contributed by atoms with Crippen LogP contribution < -0.4 is 15.5 Å². The average molecular weight is 535 g/mol. The van der Waals surface area contributed by atoms with E-state index in [0.717, 1.165) is 37.6 Å². The van der Waals surface area contributed by atoms with Crippen LogP contribution >= 0.6 is 24.0 Å². The van der Waals surface area contributed by atoms with E-state index >= 15 is 0 Å². The molecule has 1 atom stereocenters. The maximum atomic E-state index is 12.4. The molecule has 0 radical (unpaired) electrons. The quantitative estimate of drug-likeness (QED) is 0.309. The Balaban J connectivity index is 0.00000341. The molecule has 0 saturated carbocycles. The molecule has 2 N–H and O–H groups in total. The highest BCUT2D eigenvalue weighted by Crippen LogP contribution is 2.19. The Labute approximate surface area is 203 Å². The van der Waals surface area contributed by atoms with E-state index in [0.29, 0.717) is 25.6 Å². The summed E-state index contributed by atoms with van der Waals surface area (Å²) in [5.41, 5.74) is 2.40. The molecule has 0 bridgehead atoms. The zero-order valence-corrected chi connectivity index (χ0v) is 20.8. The maximum Gasteiger partial charge on any atom is 0.224 e. The van der Waals surface area contributed by atoms with Crippen LogP contribution in [0.4, 0.5) is 5.69 Å². The Morgan fingerprint density at radius 3 is 2.48 bits per heavy atom. The second kappa shape index (κ2) is 13.2. The van der Waals surface area contributed by atoms with Crippen molar-refractivity contribution in [1.29, 1.82) is 0 Å². The molecule has 168 valence electrons. The number of para-hydroxylation sites is 1. The van der Waals surface area contributed by atoms with E-state index in [4.69, 9.17) is 0 Å². The first-order valence-corrected chi connectivity index (χ1v) is 10.8. The third kappa shape index (κ3) is 8.05. The number of aliphatic imine (C=N–C) groups is 1. The molecule has 3 rings (SSSR count). The molecule has 0 spiro atoms. The summed E-state index contributed by atoms with van der Waals surface area (Å²) in [6.45, 7) is 5.93. The van der Waals surface area contributed by atoms with E-state index < -0.39 is 0 Å². The van der Waals surface area contributed by atoms with E-state index in [-0.39, 0.29) is 29.9 Å². The molecule has 7 heteroatoms. The minimum Gasteiger partial charge on any atom is -0.369 e. The van der Waals surface area contributed by atoms with Crippen molar-refractivity contribution < 1.29 is 4.79 Å². The second-order valence-corrected chi connectivity index (χ2v) is 7.66. The van der Waals surface area contributed by atoms with Gasteiger partial charge in [-0.25, -0.2) is 0 Å². The smallest absolute Gasteiger partial charge is 0.224 e. The Morgan fingerprint density at radius 2 is 1.81 bits per heavy atom. The number of benzene rings is 2. The first-order valence-electron chi connectivity index (χ1n) is 10.8. The topological polar surface area (TPSA) is 60.0 Å². The molecule has 1 fully saturated rings. The number of nitrogens with one attached hydrogen (secondary N) is 2. The molecule has 0 aliphatic carbocycles. The zero-order valence-electron chi connectivity index (χ0n) is 18.5. The van der Waals surface area contributed by atoms with Gasteiger partial charge in [-0.15, -0.1) is 24.0 Å². The first kappa shape index (κ1) is 25.0. The van der Waals surface area contributed by atoms with Crippen LogP contribution in [-0.4, -0.2) is 56.0 Å². The molecule has 1 amide bonds. The fourth-order valence-electron chi connectivity index (χ4n) is 3.66. The number of rotatable bonds is 8.